The molecule has 1 heterocycles. The SMILES string of the molecule is CCP1(=O)N(CC(C)(C)C)[C@@H]2CCCC[C@H]2N1CC(C)(C)C. The summed E-state index contributed by atoms with van der Waals surface area (Å²) in [5.74, 6) is 0. The van der Waals surface area contributed by atoms with Crippen molar-refractivity contribution >= 4 is 7.44 Å². The molecule has 0 bridgehead atoms. The Balaban J connectivity index is 2.38. The summed E-state index contributed by atoms with van der Waals surface area (Å²) in [7, 11) is -2.40. The normalized spacial score (nSPS) is 30.5. The van der Waals surface area contributed by atoms with Crippen molar-refractivity contribution in [3.63, 3.8) is 0 Å². The number of nitrogens with zero attached hydrogens (tertiary/aromatic N) is 2. The Morgan fingerprint density at radius 2 is 1.23 bits per heavy atom. The topological polar surface area (TPSA) is 23.6 Å². The zero-order chi connectivity index (χ0) is 16.8. The van der Waals surface area contributed by atoms with Crippen LogP contribution in [-0.2, 0) is 4.57 Å². The highest BCUT2D eigenvalue weighted by molar-refractivity contribution is 7.59. The Morgan fingerprint density at radius 1 is 0.864 bits per heavy atom. The Labute approximate surface area is 138 Å². The van der Waals surface area contributed by atoms with E-state index >= 15 is 0 Å². The van der Waals surface area contributed by atoms with E-state index in [9.17, 15) is 4.57 Å². The predicted octanol–water partition coefficient (Wildman–Crippen LogP) is 5.22. The highest BCUT2D eigenvalue weighted by Crippen LogP contribution is 2.64. The predicted molar refractivity (Wildman–Crippen MR) is 96.5 cm³/mol. The van der Waals surface area contributed by atoms with E-state index in [4.69, 9.17) is 0 Å². The third kappa shape index (κ3) is 3.79. The van der Waals surface area contributed by atoms with Crippen LogP contribution in [0.3, 0.4) is 0 Å². The van der Waals surface area contributed by atoms with Crippen molar-refractivity contribution in [3.05, 3.63) is 0 Å². The van der Waals surface area contributed by atoms with Gasteiger partial charge in [0.1, 0.15) is 0 Å². The van der Waals surface area contributed by atoms with Gasteiger partial charge in [-0.3, -0.25) is 4.57 Å². The largest absolute Gasteiger partial charge is 0.289 e. The molecule has 0 radical (unpaired) electrons. The van der Waals surface area contributed by atoms with Gasteiger partial charge in [-0.25, -0.2) is 9.34 Å². The maximum atomic E-state index is 14.0. The molecule has 2 aliphatic rings. The highest BCUT2D eigenvalue weighted by atomic mass is 31.2. The van der Waals surface area contributed by atoms with Crippen LogP contribution in [0.1, 0.15) is 74.1 Å². The average molecular weight is 328 g/mol. The van der Waals surface area contributed by atoms with E-state index < -0.39 is 7.44 Å². The molecule has 3 nitrogen and oxygen atoms in total. The van der Waals surface area contributed by atoms with Crippen molar-refractivity contribution in [3.8, 4) is 0 Å². The summed E-state index contributed by atoms with van der Waals surface area (Å²) in [6, 6.07) is 1.03. The van der Waals surface area contributed by atoms with Gasteiger partial charge in [-0.15, -0.1) is 0 Å². The van der Waals surface area contributed by atoms with Crippen LogP contribution in [0.2, 0.25) is 0 Å². The summed E-state index contributed by atoms with van der Waals surface area (Å²) in [4.78, 5) is 0. The minimum atomic E-state index is -2.40. The maximum Gasteiger partial charge on any atom is 0.216 e. The van der Waals surface area contributed by atoms with Crippen molar-refractivity contribution in [2.45, 2.75) is 86.2 Å². The number of hydrogen-bond donors (Lipinski definition) is 0. The summed E-state index contributed by atoms with van der Waals surface area (Å²) in [5.41, 5.74) is 0.398. The Morgan fingerprint density at radius 3 is 1.50 bits per heavy atom. The van der Waals surface area contributed by atoms with Gasteiger partial charge in [0.2, 0.25) is 7.44 Å². The van der Waals surface area contributed by atoms with Crippen molar-refractivity contribution in [2.24, 2.45) is 10.8 Å². The highest BCUT2D eigenvalue weighted by Gasteiger charge is 2.54. The minimum Gasteiger partial charge on any atom is -0.289 e. The lowest BCUT2D eigenvalue weighted by Gasteiger charge is -2.37. The first-order valence-electron chi connectivity index (χ1n) is 9.11. The van der Waals surface area contributed by atoms with Crippen LogP contribution >= 0.6 is 7.44 Å². The van der Waals surface area contributed by atoms with Crippen LogP contribution in [0, 0.1) is 10.8 Å². The average Bonchev–Trinajstić information content (AvgIpc) is 2.59. The lowest BCUT2D eigenvalue weighted by molar-refractivity contribution is 0.159. The maximum absolute atomic E-state index is 14.0. The Bertz CT molecular complexity index is 399. The second-order valence-corrected chi connectivity index (χ2v) is 12.7. The molecule has 1 saturated heterocycles. The van der Waals surface area contributed by atoms with Gasteiger partial charge in [0.05, 0.1) is 0 Å². The molecule has 1 aliphatic heterocycles. The first kappa shape index (κ1) is 18.5. The molecule has 22 heavy (non-hydrogen) atoms. The van der Waals surface area contributed by atoms with E-state index in [1.165, 1.54) is 25.7 Å². The van der Waals surface area contributed by atoms with Crippen molar-refractivity contribution < 1.29 is 4.57 Å². The van der Waals surface area contributed by atoms with E-state index in [1.807, 2.05) is 0 Å². The molecule has 0 spiro atoms. The van der Waals surface area contributed by atoms with Crippen LogP contribution in [0.15, 0.2) is 0 Å². The first-order valence-corrected chi connectivity index (χ1v) is 10.9. The van der Waals surface area contributed by atoms with E-state index in [0.29, 0.717) is 12.1 Å². The zero-order valence-corrected chi connectivity index (χ0v) is 16.7. The van der Waals surface area contributed by atoms with Gasteiger partial charge in [0, 0.05) is 31.3 Å². The van der Waals surface area contributed by atoms with Gasteiger partial charge < -0.3 is 0 Å². The molecular weight excluding hydrogens is 291 g/mol. The van der Waals surface area contributed by atoms with Crippen LogP contribution in [0.5, 0.6) is 0 Å². The molecule has 0 unspecified atom stereocenters. The van der Waals surface area contributed by atoms with E-state index in [1.54, 1.807) is 0 Å². The van der Waals surface area contributed by atoms with E-state index in [2.05, 4.69) is 57.8 Å². The third-order valence-corrected chi connectivity index (χ3v) is 8.25. The van der Waals surface area contributed by atoms with Crippen LogP contribution in [0.25, 0.3) is 0 Å². The minimum absolute atomic E-state index is 0.199. The zero-order valence-electron chi connectivity index (χ0n) is 15.9. The summed E-state index contributed by atoms with van der Waals surface area (Å²) >= 11 is 0. The van der Waals surface area contributed by atoms with Crippen molar-refractivity contribution in [1.82, 2.24) is 9.34 Å². The monoisotopic (exact) mass is 328 g/mol. The van der Waals surface area contributed by atoms with Crippen LogP contribution < -0.4 is 0 Å². The third-order valence-electron chi connectivity index (χ3n) is 4.95. The summed E-state index contributed by atoms with van der Waals surface area (Å²) in [6.45, 7) is 17.7. The molecule has 4 heteroatoms. The quantitative estimate of drug-likeness (QED) is 0.664. The van der Waals surface area contributed by atoms with Gasteiger partial charge in [-0.2, -0.15) is 0 Å². The molecule has 0 aromatic rings. The molecule has 2 rings (SSSR count). The van der Waals surface area contributed by atoms with Gasteiger partial charge in [-0.1, -0.05) is 61.3 Å². The van der Waals surface area contributed by atoms with E-state index in [0.717, 1.165) is 19.3 Å². The molecule has 1 saturated carbocycles. The smallest absolute Gasteiger partial charge is 0.216 e. The molecule has 2 atom stereocenters. The fraction of sp³-hybridized carbons (Fsp3) is 1.00. The molecule has 0 N–H and O–H groups in total. The Hall–Kier alpha value is 0.150. The molecule has 0 amide bonds. The summed E-state index contributed by atoms with van der Waals surface area (Å²) < 4.78 is 18.9. The van der Waals surface area contributed by atoms with Gasteiger partial charge in [-0.05, 0) is 23.7 Å². The summed E-state index contributed by atoms with van der Waals surface area (Å²) in [5, 5.41) is 0. The molecule has 0 aromatic carbocycles. The lowest BCUT2D eigenvalue weighted by Crippen LogP contribution is -2.43. The molecule has 130 valence electrons. The fourth-order valence-corrected chi connectivity index (χ4v) is 7.97. The first-order chi connectivity index (χ1) is 9.98. The number of rotatable bonds is 3. The number of hydrogen-bond acceptors (Lipinski definition) is 1. The fourth-order valence-electron chi connectivity index (χ4n) is 4.19. The molecule has 1 aliphatic carbocycles. The molecule has 2 fully saturated rings. The van der Waals surface area contributed by atoms with Gasteiger partial charge >= 0.3 is 0 Å². The van der Waals surface area contributed by atoms with Crippen molar-refractivity contribution in [2.75, 3.05) is 19.3 Å². The standard InChI is InChI=1S/C18H37N2OP/c1-8-22(21)19(13-17(2,3)4)15-11-9-10-12-16(15)20(22)14-18(5,6)7/h15-16H,8-14H2,1-7H3/t15-,16-/m1/s1. The number of fused-ring (bicyclic) bond motifs is 1. The van der Waals surface area contributed by atoms with Gasteiger partial charge in [0.15, 0.2) is 0 Å². The molecular formula is C18H37N2OP. The Kier molecular flexibility index (Phi) is 5.23. The van der Waals surface area contributed by atoms with E-state index in [-0.39, 0.29) is 10.8 Å². The van der Waals surface area contributed by atoms with Crippen molar-refractivity contribution in [1.29, 1.82) is 0 Å². The second kappa shape index (κ2) is 6.22. The summed E-state index contributed by atoms with van der Waals surface area (Å²) in [6.07, 6.45) is 5.84. The van der Waals surface area contributed by atoms with Gasteiger partial charge in [0.25, 0.3) is 0 Å². The molecule has 0 aromatic heterocycles. The van der Waals surface area contributed by atoms with Crippen LogP contribution in [-0.4, -0.2) is 40.7 Å². The van der Waals surface area contributed by atoms with Crippen LogP contribution in [0.4, 0.5) is 0 Å². The second-order valence-electron chi connectivity index (χ2n) is 9.72. The lowest BCUT2D eigenvalue weighted by atomic mass is 9.87.